The molecule has 156 valence electrons. The molecule has 0 aliphatic rings. The van der Waals surface area contributed by atoms with Crippen molar-refractivity contribution in [2.24, 2.45) is 0 Å². The zero-order chi connectivity index (χ0) is 21.6. The Morgan fingerprint density at radius 1 is 1.00 bits per heavy atom. The molecule has 31 heavy (non-hydrogen) atoms. The molecular weight excluding hydrogens is 453 g/mol. The topological polar surface area (TPSA) is 64.1 Å². The Morgan fingerprint density at radius 3 is 2.61 bits per heavy atom. The van der Waals surface area contributed by atoms with Gasteiger partial charge in [-0.25, -0.2) is 4.98 Å². The number of carbonyl (C=O) groups is 1. The van der Waals surface area contributed by atoms with E-state index in [1.807, 2.05) is 42.5 Å². The average Bonchev–Trinajstić information content (AvgIpc) is 3.29. The van der Waals surface area contributed by atoms with E-state index in [0.29, 0.717) is 39.6 Å². The van der Waals surface area contributed by atoms with Crippen molar-refractivity contribution in [1.29, 1.82) is 0 Å². The van der Waals surface area contributed by atoms with Crippen LogP contribution in [0.2, 0.25) is 10.0 Å². The number of rotatable bonds is 7. The van der Waals surface area contributed by atoms with E-state index in [-0.39, 0.29) is 5.91 Å². The van der Waals surface area contributed by atoms with Gasteiger partial charge in [0.2, 0.25) is 0 Å². The molecule has 0 saturated carbocycles. The van der Waals surface area contributed by atoms with E-state index in [0.717, 1.165) is 16.7 Å². The normalized spacial score (nSPS) is 10.6. The van der Waals surface area contributed by atoms with Gasteiger partial charge in [-0.15, -0.1) is 11.3 Å². The summed E-state index contributed by atoms with van der Waals surface area (Å²) in [6, 6.07) is 16.7. The van der Waals surface area contributed by atoms with Crippen LogP contribution in [0.5, 0.6) is 5.75 Å². The summed E-state index contributed by atoms with van der Waals surface area (Å²) in [5.74, 6) is 0.445. The Balaban J connectivity index is 1.46. The number of pyridine rings is 1. The van der Waals surface area contributed by atoms with Crippen molar-refractivity contribution in [3.63, 3.8) is 0 Å². The van der Waals surface area contributed by atoms with Crippen LogP contribution in [0.15, 0.2) is 72.4 Å². The summed E-state index contributed by atoms with van der Waals surface area (Å²) < 4.78 is 6.01. The van der Waals surface area contributed by atoms with Gasteiger partial charge < -0.3 is 10.1 Å². The lowest BCUT2D eigenvalue weighted by Crippen LogP contribution is -2.23. The molecule has 2 aromatic heterocycles. The molecule has 2 heterocycles. The quantitative estimate of drug-likeness (QED) is 0.359. The zero-order valence-corrected chi connectivity index (χ0v) is 18.5. The first-order chi connectivity index (χ1) is 15.1. The molecule has 0 aliphatic carbocycles. The van der Waals surface area contributed by atoms with E-state index >= 15 is 0 Å². The van der Waals surface area contributed by atoms with Crippen LogP contribution in [-0.2, 0) is 13.2 Å². The lowest BCUT2D eigenvalue weighted by atomic mass is 10.2. The van der Waals surface area contributed by atoms with Gasteiger partial charge in [-0.2, -0.15) is 0 Å². The minimum Gasteiger partial charge on any atom is -0.488 e. The van der Waals surface area contributed by atoms with Gasteiger partial charge in [0.25, 0.3) is 5.91 Å². The number of aromatic nitrogens is 2. The molecule has 0 spiro atoms. The molecule has 4 rings (SSSR count). The summed E-state index contributed by atoms with van der Waals surface area (Å²) in [5.41, 5.74) is 3.06. The molecule has 0 bridgehead atoms. The number of benzene rings is 2. The highest BCUT2D eigenvalue weighted by Gasteiger charge is 2.15. The maximum Gasteiger partial charge on any atom is 0.271 e. The molecule has 0 unspecified atom stereocenters. The van der Waals surface area contributed by atoms with Gasteiger partial charge in [0, 0.05) is 24.3 Å². The van der Waals surface area contributed by atoms with Crippen molar-refractivity contribution in [3.05, 3.63) is 99.2 Å². The Bertz CT molecular complexity index is 1200. The molecule has 8 heteroatoms. The third-order valence-corrected chi connectivity index (χ3v) is 6.05. The van der Waals surface area contributed by atoms with Crippen LogP contribution in [0.4, 0.5) is 0 Å². The van der Waals surface area contributed by atoms with E-state index in [1.165, 1.54) is 11.3 Å². The number of ether oxygens (including phenoxy) is 1. The maximum absolute atomic E-state index is 12.5. The van der Waals surface area contributed by atoms with E-state index in [9.17, 15) is 4.79 Å². The van der Waals surface area contributed by atoms with Gasteiger partial charge in [0.1, 0.15) is 23.1 Å². The highest BCUT2D eigenvalue weighted by atomic mass is 35.5. The lowest BCUT2D eigenvalue weighted by molar-refractivity contribution is 0.0946. The number of amides is 1. The molecule has 0 atom stereocenters. The zero-order valence-electron chi connectivity index (χ0n) is 16.2. The number of nitrogens with zero attached hydrogens (tertiary/aromatic N) is 2. The first kappa shape index (κ1) is 21.3. The first-order valence-electron chi connectivity index (χ1n) is 9.39. The minimum absolute atomic E-state index is 0.228. The molecule has 0 radical (unpaired) electrons. The van der Waals surface area contributed by atoms with Crippen molar-refractivity contribution in [2.75, 3.05) is 0 Å². The highest BCUT2D eigenvalue weighted by Crippen LogP contribution is 2.33. The van der Waals surface area contributed by atoms with Crippen molar-refractivity contribution < 1.29 is 9.53 Å². The fourth-order valence-corrected chi connectivity index (χ4v) is 3.99. The Labute approximate surface area is 193 Å². The highest BCUT2D eigenvalue weighted by molar-refractivity contribution is 7.13. The second-order valence-electron chi connectivity index (χ2n) is 6.61. The van der Waals surface area contributed by atoms with Gasteiger partial charge in [0.15, 0.2) is 0 Å². The summed E-state index contributed by atoms with van der Waals surface area (Å²) in [4.78, 5) is 21.0. The summed E-state index contributed by atoms with van der Waals surface area (Å²) in [7, 11) is 0. The van der Waals surface area contributed by atoms with Crippen molar-refractivity contribution in [3.8, 4) is 16.3 Å². The average molecular weight is 470 g/mol. The van der Waals surface area contributed by atoms with Gasteiger partial charge in [-0.3, -0.25) is 9.78 Å². The van der Waals surface area contributed by atoms with Gasteiger partial charge >= 0.3 is 0 Å². The molecule has 5 nitrogen and oxygen atoms in total. The molecule has 1 N–H and O–H groups in total. The van der Waals surface area contributed by atoms with E-state index in [4.69, 9.17) is 27.9 Å². The van der Waals surface area contributed by atoms with Crippen LogP contribution < -0.4 is 10.1 Å². The van der Waals surface area contributed by atoms with Crippen LogP contribution >= 0.6 is 34.5 Å². The molecule has 0 fully saturated rings. The second-order valence-corrected chi connectivity index (χ2v) is 8.28. The Hall–Kier alpha value is -2.93. The number of thiazole rings is 1. The number of carbonyl (C=O) groups excluding carboxylic acids is 1. The van der Waals surface area contributed by atoms with Gasteiger partial charge in [-0.1, -0.05) is 41.4 Å². The number of hydrogen-bond acceptors (Lipinski definition) is 5. The third kappa shape index (κ3) is 5.41. The summed E-state index contributed by atoms with van der Waals surface area (Å²) >= 11 is 13.4. The molecule has 0 saturated heterocycles. The number of halogens is 2. The molecule has 4 aromatic rings. The fraction of sp³-hybridized carbons (Fsp3) is 0.0870. The summed E-state index contributed by atoms with van der Waals surface area (Å²) in [6.45, 7) is 0.746. The van der Waals surface area contributed by atoms with Crippen LogP contribution in [0, 0.1) is 0 Å². The number of hydrogen-bond donors (Lipinski definition) is 1. The largest absolute Gasteiger partial charge is 0.488 e. The van der Waals surface area contributed by atoms with E-state index in [2.05, 4.69) is 15.3 Å². The second kappa shape index (κ2) is 9.92. The number of nitrogens with one attached hydrogen (secondary N) is 1. The van der Waals surface area contributed by atoms with Crippen LogP contribution in [0.3, 0.4) is 0 Å². The van der Waals surface area contributed by atoms with E-state index < -0.39 is 0 Å². The predicted molar refractivity (Wildman–Crippen MR) is 124 cm³/mol. The Kier molecular flexibility index (Phi) is 6.82. The monoisotopic (exact) mass is 469 g/mol. The molecular formula is C23H17Cl2N3O2S. The van der Waals surface area contributed by atoms with Crippen LogP contribution in [-0.4, -0.2) is 15.9 Å². The molecule has 1 amide bonds. The molecule has 0 aliphatic heterocycles. The summed E-state index contributed by atoms with van der Waals surface area (Å²) in [6.07, 6.45) is 3.38. The third-order valence-electron chi connectivity index (χ3n) is 4.44. The van der Waals surface area contributed by atoms with Crippen LogP contribution in [0.1, 0.15) is 21.6 Å². The Morgan fingerprint density at radius 2 is 1.81 bits per heavy atom. The van der Waals surface area contributed by atoms with Crippen molar-refractivity contribution in [2.45, 2.75) is 13.2 Å². The van der Waals surface area contributed by atoms with Gasteiger partial charge in [-0.05, 0) is 47.5 Å². The fourth-order valence-electron chi connectivity index (χ4n) is 2.83. The maximum atomic E-state index is 12.5. The van der Waals surface area contributed by atoms with Crippen molar-refractivity contribution >= 4 is 40.4 Å². The standard InChI is InChI=1S/C23H17Cl2N3O2S/c24-18-6-5-16(11-19(18)25)13-30-21-4-2-1-3-17(21)23-28-20(14-31-23)22(29)27-12-15-7-9-26-10-8-15/h1-11,14H,12-13H2,(H,27,29). The van der Waals surface area contributed by atoms with Gasteiger partial charge in [0.05, 0.1) is 15.6 Å². The minimum atomic E-state index is -0.228. The predicted octanol–water partition coefficient (Wildman–Crippen LogP) is 6.02. The molecule has 2 aromatic carbocycles. The SMILES string of the molecule is O=C(NCc1ccncc1)c1csc(-c2ccccc2OCc2ccc(Cl)c(Cl)c2)n1. The van der Waals surface area contributed by atoms with Crippen LogP contribution in [0.25, 0.3) is 10.6 Å². The first-order valence-corrected chi connectivity index (χ1v) is 11.0. The number of para-hydroxylation sites is 1. The summed E-state index contributed by atoms with van der Waals surface area (Å²) in [5, 5.41) is 6.31. The van der Waals surface area contributed by atoms with Crippen molar-refractivity contribution in [1.82, 2.24) is 15.3 Å². The van der Waals surface area contributed by atoms with E-state index in [1.54, 1.807) is 29.9 Å². The lowest BCUT2D eigenvalue weighted by Gasteiger charge is -2.10. The smallest absolute Gasteiger partial charge is 0.271 e.